The molecule has 2 N–H and O–H groups in total. The lowest BCUT2D eigenvalue weighted by atomic mass is 10.0. The van der Waals surface area contributed by atoms with E-state index in [9.17, 15) is 0 Å². The minimum Gasteiger partial charge on any atom is -0.330 e. The van der Waals surface area contributed by atoms with E-state index in [2.05, 4.69) is 29.3 Å². The Hall–Kier alpha value is -0.380. The average molecular weight is 238 g/mol. The van der Waals surface area contributed by atoms with Crippen LogP contribution in [0.4, 0.5) is 0 Å². The van der Waals surface area contributed by atoms with Crippen LogP contribution in [-0.4, -0.2) is 24.0 Å². The van der Waals surface area contributed by atoms with E-state index in [4.69, 9.17) is 5.73 Å². The minimum atomic E-state index is 0.720. The fraction of sp³-hybridized carbons (Fsp3) is 0.692. The number of thiophene rings is 1. The molecule has 0 radical (unpaired) electrons. The molecule has 2 rings (SSSR count). The Kier molecular flexibility index (Phi) is 4.38. The second-order valence-electron chi connectivity index (χ2n) is 4.64. The SMILES string of the molecule is CCN(Cc1cccs1)C1CCCC1CN. The number of hydrogen-bond donors (Lipinski definition) is 1. The molecule has 1 aliphatic rings. The predicted molar refractivity (Wildman–Crippen MR) is 70.6 cm³/mol. The van der Waals surface area contributed by atoms with Gasteiger partial charge in [-0.3, -0.25) is 4.90 Å². The number of rotatable bonds is 5. The molecule has 0 saturated heterocycles. The molecule has 1 aromatic rings. The van der Waals surface area contributed by atoms with Crippen LogP contribution in [0.25, 0.3) is 0 Å². The zero-order valence-corrected chi connectivity index (χ0v) is 10.9. The van der Waals surface area contributed by atoms with Crippen molar-refractivity contribution in [2.45, 2.75) is 38.8 Å². The van der Waals surface area contributed by atoms with Crippen LogP contribution in [0.2, 0.25) is 0 Å². The molecule has 1 saturated carbocycles. The van der Waals surface area contributed by atoms with E-state index < -0.39 is 0 Å². The summed E-state index contributed by atoms with van der Waals surface area (Å²) in [7, 11) is 0. The molecule has 2 unspecified atom stereocenters. The molecule has 0 amide bonds. The molecule has 0 aliphatic heterocycles. The summed E-state index contributed by atoms with van der Waals surface area (Å²) < 4.78 is 0. The quantitative estimate of drug-likeness (QED) is 0.854. The van der Waals surface area contributed by atoms with Gasteiger partial charge in [-0.2, -0.15) is 0 Å². The molecule has 0 aromatic carbocycles. The zero-order chi connectivity index (χ0) is 11.4. The van der Waals surface area contributed by atoms with Crippen molar-refractivity contribution in [2.75, 3.05) is 13.1 Å². The molecule has 1 heterocycles. The predicted octanol–water partition coefficient (Wildman–Crippen LogP) is 2.70. The van der Waals surface area contributed by atoms with Gasteiger partial charge in [0.25, 0.3) is 0 Å². The van der Waals surface area contributed by atoms with Crippen molar-refractivity contribution in [2.24, 2.45) is 11.7 Å². The smallest absolute Gasteiger partial charge is 0.0330 e. The van der Waals surface area contributed by atoms with Gasteiger partial charge in [0.15, 0.2) is 0 Å². The monoisotopic (exact) mass is 238 g/mol. The fourth-order valence-corrected chi connectivity index (χ4v) is 3.57. The Labute approximate surface area is 102 Å². The number of nitrogens with two attached hydrogens (primary N) is 1. The second-order valence-corrected chi connectivity index (χ2v) is 5.67. The van der Waals surface area contributed by atoms with Crippen LogP contribution in [0.1, 0.15) is 31.1 Å². The number of hydrogen-bond acceptors (Lipinski definition) is 3. The van der Waals surface area contributed by atoms with E-state index >= 15 is 0 Å². The Morgan fingerprint density at radius 2 is 2.38 bits per heavy atom. The van der Waals surface area contributed by atoms with Crippen molar-refractivity contribution < 1.29 is 0 Å². The van der Waals surface area contributed by atoms with Crippen molar-refractivity contribution in [3.05, 3.63) is 22.4 Å². The van der Waals surface area contributed by atoms with Crippen LogP contribution in [0, 0.1) is 5.92 Å². The molecule has 1 aromatic heterocycles. The largest absolute Gasteiger partial charge is 0.330 e. The number of nitrogens with zero attached hydrogens (tertiary/aromatic N) is 1. The molecule has 2 atom stereocenters. The highest BCUT2D eigenvalue weighted by Crippen LogP contribution is 2.30. The van der Waals surface area contributed by atoms with Crippen LogP contribution < -0.4 is 5.73 Å². The third-order valence-corrected chi connectivity index (χ3v) is 4.60. The third-order valence-electron chi connectivity index (χ3n) is 3.74. The van der Waals surface area contributed by atoms with Gasteiger partial charge >= 0.3 is 0 Å². The van der Waals surface area contributed by atoms with Gasteiger partial charge < -0.3 is 5.73 Å². The fourth-order valence-electron chi connectivity index (χ4n) is 2.84. The summed E-state index contributed by atoms with van der Waals surface area (Å²) in [6, 6.07) is 5.10. The molecule has 0 spiro atoms. The van der Waals surface area contributed by atoms with Gasteiger partial charge in [-0.25, -0.2) is 0 Å². The Morgan fingerprint density at radius 1 is 1.50 bits per heavy atom. The maximum absolute atomic E-state index is 5.87. The Bertz CT molecular complexity index is 297. The molecular formula is C13H22N2S. The van der Waals surface area contributed by atoms with E-state index in [1.165, 1.54) is 24.1 Å². The van der Waals surface area contributed by atoms with Gasteiger partial charge in [0.05, 0.1) is 0 Å². The maximum Gasteiger partial charge on any atom is 0.0330 e. The van der Waals surface area contributed by atoms with Gasteiger partial charge in [-0.15, -0.1) is 11.3 Å². The van der Waals surface area contributed by atoms with E-state index in [0.717, 1.165) is 31.6 Å². The lowest BCUT2D eigenvalue weighted by molar-refractivity contribution is 0.163. The highest BCUT2D eigenvalue weighted by molar-refractivity contribution is 7.09. The first-order valence-corrected chi connectivity index (χ1v) is 7.19. The van der Waals surface area contributed by atoms with Gasteiger partial charge in [0, 0.05) is 17.5 Å². The molecule has 90 valence electrons. The highest BCUT2D eigenvalue weighted by atomic mass is 32.1. The Balaban J connectivity index is 1.98. The Morgan fingerprint density at radius 3 is 3.00 bits per heavy atom. The minimum absolute atomic E-state index is 0.720. The summed E-state index contributed by atoms with van der Waals surface area (Å²) in [5.74, 6) is 0.722. The van der Waals surface area contributed by atoms with E-state index in [0.29, 0.717) is 0 Å². The van der Waals surface area contributed by atoms with Gasteiger partial charge in [-0.05, 0) is 43.3 Å². The van der Waals surface area contributed by atoms with Gasteiger partial charge in [0.1, 0.15) is 0 Å². The summed E-state index contributed by atoms with van der Waals surface area (Å²) in [6.07, 6.45) is 4.01. The van der Waals surface area contributed by atoms with Gasteiger partial charge in [0.2, 0.25) is 0 Å². The van der Waals surface area contributed by atoms with Crippen LogP contribution >= 0.6 is 11.3 Å². The second kappa shape index (κ2) is 5.80. The van der Waals surface area contributed by atoms with E-state index in [1.54, 1.807) is 0 Å². The normalized spacial score (nSPS) is 25.4. The van der Waals surface area contributed by atoms with Crippen molar-refractivity contribution in [3.8, 4) is 0 Å². The van der Waals surface area contributed by atoms with Crippen LogP contribution in [0.15, 0.2) is 17.5 Å². The third kappa shape index (κ3) is 2.65. The van der Waals surface area contributed by atoms with E-state index in [-0.39, 0.29) is 0 Å². The lowest BCUT2D eigenvalue weighted by Gasteiger charge is -2.31. The zero-order valence-electron chi connectivity index (χ0n) is 10.1. The van der Waals surface area contributed by atoms with Crippen LogP contribution in [0.3, 0.4) is 0 Å². The van der Waals surface area contributed by atoms with Crippen molar-refractivity contribution in [1.29, 1.82) is 0 Å². The van der Waals surface area contributed by atoms with Crippen molar-refractivity contribution in [3.63, 3.8) is 0 Å². The van der Waals surface area contributed by atoms with Gasteiger partial charge in [-0.1, -0.05) is 19.4 Å². The first-order valence-electron chi connectivity index (χ1n) is 6.31. The first kappa shape index (κ1) is 12.1. The summed E-state index contributed by atoms with van der Waals surface area (Å²) in [6.45, 7) is 5.36. The maximum atomic E-state index is 5.87. The van der Waals surface area contributed by atoms with E-state index in [1.807, 2.05) is 11.3 Å². The molecule has 0 bridgehead atoms. The molecule has 3 heteroatoms. The summed E-state index contributed by atoms with van der Waals surface area (Å²) in [4.78, 5) is 4.08. The molecule has 1 fully saturated rings. The lowest BCUT2D eigenvalue weighted by Crippen LogP contribution is -2.39. The van der Waals surface area contributed by atoms with Crippen molar-refractivity contribution in [1.82, 2.24) is 4.90 Å². The molecule has 1 aliphatic carbocycles. The highest BCUT2D eigenvalue weighted by Gasteiger charge is 2.30. The van der Waals surface area contributed by atoms with Crippen LogP contribution in [-0.2, 0) is 6.54 Å². The summed E-state index contributed by atoms with van der Waals surface area (Å²) in [5, 5.41) is 2.16. The molecule has 2 nitrogen and oxygen atoms in total. The average Bonchev–Trinajstić information content (AvgIpc) is 2.96. The van der Waals surface area contributed by atoms with Crippen LogP contribution in [0.5, 0.6) is 0 Å². The summed E-state index contributed by atoms with van der Waals surface area (Å²) >= 11 is 1.86. The summed E-state index contributed by atoms with van der Waals surface area (Å²) in [5.41, 5.74) is 5.87. The van der Waals surface area contributed by atoms with Crippen molar-refractivity contribution >= 4 is 11.3 Å². The molecular weight excluding hydrogens is 216 g/mol. The molecule has 16 heavy (non-hydrogen) atoms. The first-order chi connectivity index (χ1) is 7.85. The topological polar surface area (TPSA) is 29.3 Å². The standard InChI is InChI=1S/C13H22N2S/c1-2-15(10-12-6-4-8-16-12)13-7-3-5-11(13)9-14/h4,6,8,11,13H,2-3,5,7,9-10,14H2,1H3.